The molecular weight excluding hydrogens is 418 g/mol. The number of aromatic nitrogens is 1. The van der Waals surface area contributed by atoms with E-state index in [2.05, 4.69) is 22.2 Å². The van der Waals surface area contributed by atoms with E-state index in [1.54, 1.807) is 11.8 Å². The number of carbonyl (C=O) groups is 1. The number of hydrogen-bond acceptors (Lipinski definition) is 5. The normalized spacial score (nSPS) is 14.8. The second-order valence-corrected chi connectivity index (χ2v) is 8.87. The van der Waals surface area contributed by atoms with Gasteiger partial charge in [-0.05, 0) is 36.8 Å². The maximum absolute atomic E-state index is 13.2. The lowest BCUT2D eigenvalue weighted by molar-refractivity contribution is 0.0625. The minimum Gasteiger partial charge on any atom is -0.360 e. The van der Waals surface area contributed by atoms with E-state index >= 15 is 0 Å². The van der Waals surface area contributed by atoms with Crippen LogP contribution in [0, 0.1) is 6.92 Å². The van der Waals surface area contributed by atoms with E-state index in [1.807, 2.05) is 54.3 Å². The fraction of sp³-hybridized carbons (Fsp3) is 0.304. The highest BCUT2D eigenvalue weighted by atomic mass is 35.5. The van der Waals surface area contributed by atoms with Crippen LogP contribution in [0.5, 0.6) is 0 Å². The third-order valence-electron chi connectivity index (χ3n) is 5.14. The second-order valence-electron chi connectivity index (χ2n) is 7.41. The summed E-state index contributed by atoms with van der Waals surface area (Å²) in [6.07, 6.45) is 0. The third kappa shape index (κ3) is 5.25. The molecule has 1 aliphatic heterocycles. The van der Waals surface area contributed by atoms with Crippen molar-refractivity contribution in [3.8, 4) is 0 Å². The maximum atomic E-state index is 13.2. The van der Waals surface area contributed by atoms with Crippen molar-refractivity contribution in [1.29, 1.82) is 0 Å². The lowest BCUT2D eigenvalue weighted by Gasteiger charge is -2.35. The predicted molar refractivity (Wildman–Crippen MR) is 120 cm³/mol. The number of thioether (sulfide) groups is 1. The molecule has 1 aliphatic rings. The Balaban J connectivity index is 1.35. The van der Waals surface area contributed by atoms with E-state index in [1.165, 1.54) is 5.56 Å². The van der Waals surface area contributed by atoms with Crippen molar-refractivity contribution in [3.63, 3.8) is 0 Å². The van der Waals surface area contributed by atoms with Gasteiger partial charge in [0, 0.05) is 48.7 Å². The molecule has 4 rings (SSSR count). The van der Waals surface area contributed by atoms with Crippen molar-refractivity contribution in [2.75, 3.05) is 26.2 Å². The summed E-state index contributed by atoms with van der Waals surface area (Å²) in [4.78, 5) is 18.5. The minimum absolute atomic E-state index is 0.0954. The first-order valence-corrected chi connectivity index (χ1v) is 11.3. The summed E-state index contributed by atoms with van der Waals surface area (Å²) >= 11 is 7.58. The van der Waals surface area contributed by atoms with Gasteiger partial charge in [0.1, 0.15) is 5.76 Å². The van der Waals surface area contributed by atoms with Gasteiger partial charge in [-0.1, -0.05) is 41.0 Å². The molecule has 30 heavy (non-hydrogen) atoms. The predicted octanol–water partition coefficient (Wildman–Crippen LogP) is 4.89. The van der Waals surface area contributed by atoms with E-state index in [0.29, 0.717) is 5.75 Å². The smallest absolute Gasteiger partial charge is 0.255 e. The molecule has 0 saturated carbocycles. The fourth-order valence-electron chi connectivity index (χ4n) is 3.53. The fourth-order valence-corrected chi connectivity index (χ4v) is 4.58. The Morgan fingerprint density at radius 1 is 1.10 bits per heavy atom. The van der Waals surface area contributed by atoms with Crippen molar-refractivity contribution < 1.29 is 9.32 Å². The zero-order valence-electron chi connectivity index (χ0n) is 16.9. The summed E-state index contributed by atoms with van der Waals surface area (Å²) in [6.45, 7) is 5.96. The first-order chi connectivity index (χ1) is 14.6. The largest absolute Gasteiger partial charge is 0.360 e. The van der Waals surface area contributed by atoms with Crippen molar-refractivity contribution in [2.24, 2.45) is 0 Å². The molecule has 2 heterocycles. The number of amides is 1. The van der Waals surface area contributed by atoms with Gasteiger partial charge in [0.25, 0.3) is 5.91 Å². The number of nitrogens with zero attached hydrogens (tertiary/aromatic N) is 3. The molecule has 0 bridgehead atoms. The number of halogens is 1. The third-order valence-corrected chi connectivity index (χ3v) is 6.49. The van der Waals surface area contributed by atoms with E-state index in [0.717, 1.165) is 59.7 Å². The lowest BCUT2D eigenvalue weighted by Crippen LogP contribution is -2.48. The quantitative estimate of drug-likeness (QED) is 0.510. The molecule has 1 saturated heterocycles. The van der Waals surface area contributed by atoms with E-state index in [9.17, 15) is 4.79 Å². The zero-order chi connectivity index (χ0) is 20.9. The average molecular weight is 442 g/mol. The van der Waals surface area contributed by atoms with E-state index < -0.39 is 0 Å². The summed E-state index contributed by atoms with van der Waals surface area (Å²) in [5.41, 5.74) is 2.86. The number of hydrogen-bond donors (Lipinski definition) is 0. The van der Waals surface area contributed by atoms with Crippen LogP contribution in [0.3, 0.4) is 0 Å². The zero-order valence-corrected chi connectivity index (χ0v) is 18.5. The average Bonchev–Trinajstić information content (AvgIpc) is 3.19. The van der Waals surface area contributed by atoms with Gasteiger partial charge in [-0.25, -0.2) is 0 Å². The van der Waals surface area contributed by atoms with Gasteiger partial charge in [-0.3, -0.25) is 9.69 Å². The van der Waals surface area contributed by atoms with Crippen LogP contribution in [0.15, 0.2) is 64.0 Å². The van der Waals surface area contributed by atoms with Crippen LogP contribution >= 0.6 is 23.4 Å². The van der Waals surface area contributed by atoms with Gasteiger partial charge in [0.2, 0.25) is 0 Å². The molecule has 1 fully saturated rings. The Labute approximate surface area is 186 Å². The molecule has 0 radical (unpaired) electrons. The van der Waals surface area contributed by atoms with Crippen LogP contribution in [0.25, 0.3) is 0 Å². The van der Waals surface area contributed by atoms with E-state index in [4.69, 9.17) is 16.1 Å². The Morgan fingerprint density at radius 2 is 1.83 bits per heavy atom. The number of piperazine rings is 1. The molecule has 156 valence electrons. The molecule has 0 spiro atoms. The molecule has 0 aliphatic carbocycles. The Hall–Kier alpha value is -2.28. The molecule has 1 amide bonds. The van der Waals surface area contributed by atoms with Crippen LogP contribution in [0.1, 0.15) is 27.4 Å². The molecule has 0 N–H and O–H groups in total. The maximum Gasteiger partial charge on any atom is 0.255 e. The molecule has 1 aromatic heterocycles. The van der Waals surface area contributed by atoms with Crippen LogP contribution in [0.4, 0.5) is 0 Å². The number of aryl methyl sites for hydroxylation is 1. The van der Waals surface area contributed by atoms with Crippen molar-refractivity contribution in [2.45, 2.75) is 24.1 Å². The number of benzene rings is 2. The Bertz CT molecular complexity index is 998. The first kappa shape index (κ1) is 21.0. The first-order valence-electron chi connectivity index (χ1n) is 9.98. The summed E-state index contributed by atoms with van der Waals surface area (Å²) in [5, 5.41) is 4.68. The topological polar surface area (TPSA) is 49.6 Å². The monoisotopic (exact) mass is 441 g/mol. The number of rotatable bonds is 6. The van der Waals surface area contributed by atoms with Crippen LogP contribution < -0.4 is 0 Å². The molecular formula is C23H24ClN3O2S. The van der Waals surface area contributed by atoms with Gasteiger partial charge >= 0.3 is 0 Å². The summed E-state index contributed by atoms with van der Waals surface area (Å²) in [7, 11) is 0. The molecule has 5 nitrogen and oxygen atoms in total. The van der Waals surface area contributed by atoms with Gasteiger partial charge < -0.3 is 9.42 Å². The van der Waals surface area contributed by atoms with Crippen LogP contribution in [-0.2, 0) is 12.3 Å². The standard InChI is InChI=1S/C23H24ClN3O2S/c1-17-14-20(29-25-17)16-30-22-5-3-2-4-21(22)23(28)27-12-10-26(11-13-27)15-18-6-8-19(24)9-7-18/h2-9,14H,10-13,15-16H2,1H3. The molecule has 0 atom stereocenters. The Kier molecular flexibility index (Phi) is 6.77. The second kappa shape index (κ2) is 9.69. The summed E-state index contributed by atoms with van der Waals surface area (Å²) in [6, 6.07) is 17.7. The van der Waals surface area contributed by atoms with Gasteiger partial charge in [0.15, 0.2) is 0 Å². The summed E-state index contributed by atoms with van der Waals surface area (Å²) in [5.74, 6) is 1.56. The van der Waals surface area contributed by atoms with Crippen LogP contribution in [0.2, 0.25) is 5.02 Å². The molecule has 2 aromatic carbocycles. The van der Waals surface area contributed by atoms with Gasteiger partial charge in [-0.15, -0.1) is 11.8 Å². The van der Waals surface area contributed by atoms with Crippen molar-refractivity contribution >= 4 is 29.3 Å². The van der Waals surface area contributed by atoms with Crippen LogP contribution in [-0.4, -0.2) is 47.0 Å². The molecule has 7 heteroatoms. The molecule has 3 aromatic rings. The lowest BCUT2D eigenvalue weighted by atomic mass is 10.1. The Morgan fingerprint density at radius 3 is 2.53 bits per heavy atom. The van der Waals surface area contributed by atoms with Crippen molar-refractivity contribution in [1.82, 2.24) is 15.0 Å². The highest BCUT2D eigenvalue weighted by molar-refractivity contribution is 7.98. The van der Waals surface area contributed by atoms with E-state index in [-0.39, 0.29) is 5.91 Å². The van der Waals surface area contributed by atoms with Gasteiger partial charge in [-0.2, -0.15) is 0 Å². The highest BCUT2D eigenvalue weighted by Gasteiger charge is 2.24. The summed E-state index contributed by atoms with van der Waals surface area (Å²) < 4.78 is 5.29. The SMILES string of the molecule is Cc1cc(CSc2ccccc2C(=O)N2CCN(Cc3ccc(Cl)cc3)CC2)on1. The van der Waals surface area contributed by atoms with Crippen molar-refractivity contribution in [3.05, 3.63) is 82.2 Å². The molecule has 0 unspecified atom stereocenters. The van der Waals surface area contributed by atoms with Gasteiger partial charge in [0.05, 0.1) is 17.0 Å². The minimum atomic E-state index is 0.0954. The highest BCUT2D eigenvalue weighted by Crippen LogP contribution is 2.28. The number of carbonyl (C=O) groups excluding carboxylic acids is 1.